The van der Waals surface area contributed by atoms with Crippen LogP contribution in [0.15, 0.2) is 60.8 Å². The number of aromatic amines is 1. The number of carboxylic acid groups (broad SMARTS) is 1. The van der Waals surface area contributed by atoms with Crippen LogP contribution in [0.1, 0.15) is 30.9 Å². The largest absolute Gasteiger partial charge is 0.480 e. The van der Waals surface area contributed by atoms with Gasteiger partial charge in [-0.3, -0.25) is 14.4 Å². The first-order valence-corrected chi connectivity index (χ1v) is 13.3. The van der Waals surface area contributed by atoms with Crippen molar-refractivity contribution in [1.29, 1.82) is 0 Å². The van der Waals surface area contributed by atoms with Crippen molar-refractivity contribution in [2.45, 2.75) is 62.9 Å². The predicted octanol–water partition coefficient (Wildman–Crippen LogP) is 0.706. The van der Waals surface area contributed by atoms with Crippen molar-refractivity contribution in [1.82, 2.24) is 20.5 Å². The number of benzene rings is 2. The molecule has 7 N–H and O–H groups in total. The molecule has 11 nitrogen and oxygen atoms in total. The van der Waals surface area contributed by atoms with Gasteiger partial charge in [-0.25, -0.2) is 4.79 Å². The lowest BCUT2D eigenvalue weighted by atomic mass is 10.0. The van der Waals surface area contributed by atoms with E-state index in [1.165, 1.54) is 11.8 Å². The van der Waals surface area contributed by atoms with Crippen LogP contribution in [-0.2, 0) is 32.0 Å². The van der Waals surface area contributed by atoms with Crippen molar-refractivity contribution in [3.8, 4) is 0 Å². The minimum absolute atomic E-state index is 0.0652. The molecule has 3 aromatic rings. The number of hydrogen-bond donors (Lipinski definition) is 6. The van der Waals surface area contributed by atoms with Crippen molar-refractivity contribution in [3.05, 3.63) is 71.9 Å². The SMILES string of the molecule is CC(O)C(N)C(=O)NC(Cc1ccccc1)C(=O)N1CCCC1C(=O)NC(Cc1c[nH]c2ccccc12)C(=O)O. The number of hydrogen-bond acceptors (Lipinski definition) is 6. The van der Waals surface area contributed by atoms with E-state index in [1.54, 1.807) is 6.20 Å². The molecule has 1 fully saturated rings. The lowest BCUT2D eigenvalue weighted by Gasteiger charge is -2.30. The molecule has 1 aliphatic rings. The first kappa shape index (κ1) is 28.8. The van der Waals surface area contributed by atoms with Gasteiger partial charge in [0, 0.05) is 36.5 Å². The Bertz CT molecular complexity index is 1360. The van der Waals surface area contributed by atoms with E-state index in [-0.39, 0.29) is 19.4 Å². The van der Waals surface area contributed by atoms with Gasteiger partial charge in [0.2, 0.25) is 17.7 Å². The van der Waals surface area contributed by atoms with E-state index in [0.717, 1.165) is 22.0 Å². The molecule has 0 bridgehead atoms. The summed E-state index contributed by atoms with van der Waals surface area (Å²) in [7, 11) is 0. The van der Waals surface area contributed by atoms with Gasteiger partial charge in [0.15, 0.2) is 0 Å². The van der Waals surface area contributed by atoms with Crippen molar-refractivity contribution in [3.63, 3.8) is 0 Å². The van der Waals surface area contributed by atoms with Crippen LogP contribution in [0, 0.1) is 0 Å². The van der Waals surface area contributed by atoms with Gasteiger partial charge in [-0.1, -0.05) is 48.5 Å². The quantitative estimate of drug-likeness (QED) is 0.204. The van der Waals surface area contributed by atoms with E-state index < -0.39 is 54.0 Å². The van der Waals surface area contributed by atoms with E-state index in [2.05, 4.69) is 15.6 Å². The Morgan fingerprint density at radius 2 is 1.73 bits per heavy atom. The number of nitrogens with two attached hydrogens (primary N) is 1. The molecule has 4 rings (SSSR count). The second-order valence-electron chi connectivity index (χ2n) is 10.2. The van der Waals surface area contributed by atoms with Crippen LogP contribution in [0.3, 0.4) is 0 Å². The monoisotopic (exact) mass is 549 g/mol. The summed E-state index contributed by atoms with van der Waals surface area (Å²) in [5.41, 5.74) is 8.20. The van der Waals surface area contributed by atoms with Crippen molar-refractivity contribution >= 4 is 34.6 Å². The van der Waals surface area contributed by atoms with Crippen LogP contribution < -0.4 is 16.4 Å². The Morgan fingerprint density at radius 1 is 1.02 bits per heavy atom. The number of H-pyrrole nitrogens is 1. The molecule has 1 aromatic heterocycles. The van der Waals surface area contributed by atoms with Gasteiger partial charge in [0.1, 0.15) is 24.2 Å². The van der Waals surface area contributed by atoms with Gasteiger partial charge < -0.3 is 36.5 Å². The normalized spacial score (nSPS) is 18.1. The highest BCUT2D eigenvalue weighted by molar-refractivity contribution is 5.95. The molecule has 11 heteroatoms. The third-order valence-electron chi connectivity index (χ3n) is 7.27. The zero-order valence-corrected chi connectivity index (χ0v) is 22.2. The van der Waals surface area contributed by atoms with Crippen LogP contribution in [-0.4, -0.2) is 80.6 Å². The smallest absolute Gasteiger partial charge is 0.326 e. The molecule has 5 atom stereocenters. The summed E-state index contributed by atoms with van der Waals surface area (Å²) in [5, 5.41) is 25.8. The number of carbonyl (C=O) groups is 4. The fourth-order valence-corrected chi connectivity index (χ4v) is 5.03. The topological polar surface area (TPSA) is 178 Å². The zero-order valence-electron chi connectivity index (χ0n) is 22.2. The molecule has 3 amide bonds. The molecule has 0 radical (unpaired) electrons. The minimum atomic E-state index is -1.23. The summed E-state index contributed by atoms with van der Waals surface area (Å²) in [6.45, 7) is 1.66. The lowest BCUT2D eigenvalue weighted by Crippen LogP contribution is -2.58. The third kappa shape index (κ3) is 6.67. The summed E-state index contributed by atoms with van der Waals surface area (Å²) in [6, 6.07) is 12.2. The van der Waals surface area contributed by atoms with E-state index in [0.29, 0.717) is 12.8 Å². The molecule has 0 spiro atoms. The number of amides is 3. The van der Waals surface area contributed by atoms with Crippen molar-refractivity contribution in [2.24, 2.45) is 5.73 Å². The van der Waals surface area contributed by atoms with Gasteiger partial charge >= 0.3 is 5.97 Å². The Balaban J connectivity index is 1.50. The Morgan fingerprint density at radius 3 is 2.42 bits per heavy atom. The summed E-state index contributed by atoms with van der Waals surface area (Å²) in [5.74, 6) is -2.91. The number of carboxylic acids is 1. The molecular formula is C29H35N5O6. The number of fused-ring (bicyclic) bond motifs is 1. The van der Waals surface area contributed by atoms with E-state index in [9.17, 15) is 29.4 Å². The van der Waals surface area contributed by atoms with Gasteiger partial charge in [-0.05, 0) is 37.0 Å². The molecule has 1 saturated heterocycles. The summed E-state index contributed by atoms with van der Waals surface area (Å²) < 4.78 is 0. The lowest BCUT2D eigenvalue weighted by molar-refractivity contribution is -0.145. The van der Waals surface area contributed by atoms with Crippen LogP contribution in [0.4, 0.5) is 0 Å². The standard InChI is InChI=1S/C29H35N5O6/c1-17(35)25(30)27(37)32-22(14-18-8-3-2-4-9-18)28(38)34-13-7-12-24(34)26(36)33-23(29(39)40)15-19-16-31-21-11-6-5-10-20(19)21/h2-6,8-11,16-17,22-25,31,35H,7,12-15,30H2,1H3,(H,32,37)(H,33,36)(H,39,40). The van der Waals surface area contributed by atoms with Gasteiger partial charge in [0.05, 0.1) is 6.10 Å². The number of aliphatic hydroxyl groups is 1. The zero-order chi connectivity index (χ0) is 28.8. The summed E-state index contributed by atoms with van der Waals surface area (Å²) in [6.07, 6.45) is 1.73. The number of para-hydroxylation sites is 1. The van der Waals surface area contributed by atoms with Crippen LogP contribution in [0.2, 0.25) is 0 Å². The second kappa shape index (κ2) is 12.8. The predicted molar refractivity (Wildman–Crippen MR) is 148 cm³/mol. The van der Waals surface area contributed by atoms with Crippen LogP contribution in [0.5, 0.6) is 0 Å². The molecule has 5 unspecified atom stereocenters. The Kier molecular flexibility index (Phi) is 9.18. The first-order valence-electron chi connectivity index (χ1n) is 13.3. The molecule has 2 aromatic carbocycles. The van der Waals surface area contributed by atoms with Gasteiger partial charge in [0.25, 0.3) is 0 Å². The maximum absolute atomic E-state index is 13.7. The number of carbonyl (C=O) groups excluding carboxylic acids is 3. The number of rotatable bonds is 11. The maximum Gasteiger partial charge on any atom is 0.326 e. The molecule has 0 saturated carbocycles. The highest BCUT2D eigenvalue weighted by Crippen LogP contribution is 2.22. The van der Waals surface area contributed by atoms with E-state index >= 15 is 0 Å². The number of aromatic nitrogens is 1. The number of likely N-dealkylation sites (tertiary alicyclic amines) is 1. The molecular weight excluding hydrogens is 514 g/mol. The number of aliphatic carboxylic acids is 1. The molecule has 40 heavy (non-hydrogen) atoms. The number of nitrogens with zero attached hydrogens (tertiary/aromatic N) is 1. The fraction of sp³-hybridized carbons (Fsp3) is 0.379. The van der Waals surface area contributed by atoms with Gasteiger partial charge in [-0.2, -0.15) is 0 Å². The van der Waals surface area contributed by atoms with Crippen molar-refractivity contribution < 1.29 is 29.4 Å². The van der Waals surface area contributed by atoms with Crippen LogP contribution >= 0.6 is 0 Å². The molecule has 212 valence electrons. The Labute approximate surface area is 231 Å². The second-order valence-corrected chi connectivity index (χ2v) is 10.2. The number of nitrogens with one attached hydrogen (secondary N) is 3. The van der Waals surface area contributed by atoms with Crippen molar-refractivity contribution in [2.75, 3.05) is 6.54 Å². The average Bonchev–Trinajstić information content (AvgIpc) is 3.59. The average molecular weight is 550 g/mol. The fourth-order valence-electron chi connectivity index (χ4n) is 5.03. The number of aliphatic hydroxyl groups excluding tert-OH is 1. The van der Waals surface area contributed by atoms with Crippen LogP contribution in [0.25, 0.3) is 10.9 Å². The summed E-state index contributed by atoms with van der Waals surface area (Å²) >= 11 is 0. The van der Waals surface area contributed by atoms with Gasteiger partial charge in [-0.15, -0.1) is 0 Å². The first-order chi connectivity index (χ1) is 19.2. The van der Waals surface area contributed by atoms with E-state index in [1.807, 2.05) is 54.6 Å². The molecule has 0 aliphatic carbocycles. The maximum atomic E-state index is 13.7. The van der Waals surface area contributed by atoms with E-state index in [4.69, 9.17) is 5.73 Å². The summed E-state index contributed by atoms with van der Waals surface area (Å²) in [4.78, 5) is 56.3. The minimum Gasteiger partial charge on any atom is -0.480 e. The third-order valence-corrected chi connectivity index (χ3v) is 7.27. The highest BCUT2D eigenvalue weighted by atomic mass is 16.4. The molecule has 1 aliphatic heterocycles. The Hall–Kier alpha value is -4.22. The molecule has 2 heterocycles. The highest BCUT2D eigenvalue weighted by Gasteiger charge is 2.39.